The van der Waals surface area contributed by atoms with E-state index in [4.69, 9.17) is 23.2 Å². The van der Waals surface area contributed by atoms with Crippen molar-refractivity contribution in [3.8, 4) is 0 Å². The highest BCUT2D eigenvalue weighted by molar-refractivity contribution is 6.25. The molecule has 0 aliphatic rings. The number of nitrogens with one attached hydrogen (secondary N) is 1. The summed E-state index contributed by atoms with van der Waals surface area (Å²) in [5.41, 5.74) is 1.52. The molecule has 11 heavy (non-hydrogen) atoms. The molecule has 0 amide bonds. The van der Waals surface area contributed by atoms with Crippen LogP contribution in [-0.2, 0) is 0 Å². The summed E-state index contributed by atoms with van der Waals surface area (Å²) in [5, 5.41) is 3.50. The summed E-state index contributed by atoms with van der Waals surface area (Å²) >= 11 is 11.2. The number of alkyl halides is 1. The Balaban J connectivity index is 3.01. The Kier molecular flexibility index (Phi) is 8.59. The second-order valence-corrected chi connectivity index (χ2v) is 3.23. The molecule has 0 heterocycles. The minimum atomic E-state index is 0.308. The second-order valence-electron chi connectivity index (χ2n) is 2.36. The van der Waals surface area contributed by atoms with E-state index in [9.17, 15) is 0 Å². The summed E-state index contributed by atoms with van der Waals surface area (Å²) in [6.45, 7) is 3.89. The maximum absolute atomic E-state index is 5.89. The van der Waals surface area contributed by atoms with Gasteiger partial charge in [0.25, 0.3) is 0 Å². The van der Waals surface area contributed by atoms with Crippen molar-refractivity contribution in [3.63, 3.8) is 0 Å². The van der Waals surface area contributed by atoms with Crippen LogP contribution in [0.25, 0.3) is 0 Å². The standard InChI is InChI=1S/C8H15Cl2N/c1-2-8(10)4-7-11-6-3-5-9/h3,5,8,11H,2,4,6-7H2,1H3/b5-3+. The van der Waals surface area contributed by atoms with Crippen molar-refractivity contribution in [2.24, 2.45) is 0 Å². The maximum Gasteiger partial charge on any atom is 0.0345 e. The van der Waals surface area contributed by atoms with Crippen LogP contribution in [-0.4, -0.2) is 18.5 Å². The van der Waals surface area contributed by atoms with Crippen molar-refractivity contribution in [1.82, 2.24) is 5.32 Å². The Bertz CT molecular complexity index is 104. The Morgan fingerprint density at radius 2 is 2.27 bits per heavy atom. The van der Waals surface area contributed by atoms with E-state index in [0.29, 0.717) is 5.38 Å². The average molecular weight is 196 g/mol. The summed E-state index contributed by atoms with van der Waals surface area (Å²) in [6.07, 6.45) is 3.93. The highest BCUT2D eigenvalue weighted by Crippen LogP contribution is 2.04. The molecule has 0 radical (unpaired) electrons. The van der Waals surface area contributed by atoms with Crippen LogP contribution in [0.4, 0.5) is 0 Å². The third-order valence-electron chi connectivity index (χ3n) is 1.43. The van der Waals surface area contributed by atoms with Gasteiger partial charge in [-0.05, 0) is 19.4 Å². The Hall–Kier alpha value is 0.280. The molecule has 0 bridgehead atoms. The molecule has 0 spiro atoms. The molecule has 0 aromatic carbocycles. The molecule has 0 saturated carbocycles. The Labute approximate surface area is 78.8 Å². The van der Waals surface area contributed by atoms with E-state index in [1.54, 1.807) is 0 Å². The predicted octanol–water partition coefficient (Wildman–Crippen LogP) is 2.74. The zero-order valence-electron chi connectivity index (χ0n) is 6.82. The summed E-state index contributed by atoms with van der Waals surface area (Å²) < 4.78 is 0. The van der Waals surface area contributed by atoms with E-state index in [0.717, 1.165) is 25.9 Å². The molecule has 1 unspecified atom stereocenters. The molecule has 0 aromatic rings. The monoisotopic (exact) mass is 195 g/mol. The first-order valence-electron chi connectivity index (χ1n) is 3.91. The van der Waals surface area contributed by atoms with Crippen molar-refractivity contribution >= 4 is 23.2 Å². The van der Waals surface area contributed by atoms with Gasteiger partial charge in [-0.2, -0.15) is 0 Å². The molecular weight excluding hydrogens is 181 g/mol. The molecule has 0 fully saturated rings. The van der Waals surface area contributed by atoms with Gasteiger partial charge < -0.3 is 5.32 Å². The minimum absolute atomic E-state index is 0.308. The van der Waals surface area contributed by atoms with Gasteiger partial charge in [-0.1, -0.05) is 24.6 Å². The Morgan fingerprint density at radius 3 is 2.82 bits per heavy atom. The lowest BCUT2D eigenvalue weighted by Crippen LogP contribution is -2.17. The van der Waals surface area contributed by atoms with Crippen molar-refractivity contribution in [1.29, 1.82) is 0 Å². The van der Waals surface area contributed by atoms with E-state index in [2.05, 4.69) is 12.2 Å². The van der Waals surface area contributed by atoms with Gasteiger partial charge in [0.05, 0.1) is 0 Å². The summed E-state index contributed by atoms with van der Waals surface area (Å²) in [5.74, 6) is 0. The number of halogens is 2. The van der Waals surface area contributed by atoms with Crippen molar-refractivity contribution in [2.75, 3.05) is 13.1 Å². The van der Waals surface area contributed by atoms with Crippen LogP contribution in [0.1, 0.15) is 19.8 Å². The fourth-order valence-electron chi connectivity index (χ4n) is 0.693. The van der Waals surface area contributed by atoms with E-state index in [1.807, 2.05) is 6.08 Å². The lowest BCUT2D eigenvalue weighted by Gasteiger charge is -2.05. The van der Waals surface area contributed by atoms with Crippen LogP contribution < -0.4 is 5.32 Å². The molecule has 0 aliphatic heterocycles. The fraction of sp³-hybridized carbons (Fsp3) is 0.750. The maximum atomic E-state index is 5.89. The zero-order chi connectivity index (χ0) is 8.53. The predicted molar refractivity (Wildman–Crippen MR) is 52.4 cm³/mol. The summed E-state index contributed by atoms with van der Waals surface area (Å²) in [6, 6.07) is 0. The Morgan fingerprint density at radius 1 is 1.55 bits per heavy atom. The summed E-state index contributed by atoms with van der Waals surface area (Å²) in [4.78, 5) is 0. The molecule has 1 nitrogen and oxygen atoms in total. The number of rotatable bonds is 6. The third kappa shape index (κ3) is 8.18. The van der Waals surface area contributed by atoms with Gasteiger partial charge in [-0.15, -0.1) is 11.6 Å². The van der Waals surface area contributed by atoms with Crippen molar-refractivity contribution in [3.05, 3.63) is 11.6 Å². The largest absolute Gasteiger partial charge is 0.313 e. The van der Waals surface area contributed by atoms with Gasteiger partial charge in [-0.3, -0.25) is 0 Å². The SMILES string of the molecule is CCC(Cl)CCNC/C=C/Cl. The topological polar surface area (TPSA) is 12.0 Å². The highest BCUT2D eigenvalue weighted by atomic mass is 35.5. The van der Waals surface area contributed by atoms with E-state index >= 15 is 0 Å². The zero-order valence-corrected chi connectivity index (χ0v) is 8.33. The van der Waals surface area contributed by atoms with Crippen LogP contribution in [0.2, 0.25) is 0 Å². The summed E-state index contributed by atoms with van der Waals surface area (Å²) in [7, 11) is 0. The molecule has 0 aliphatic carbocycles. The molecule has 3 heteroatoms. The van der Waals surface area contributed by atoms with Crippen LogP contribution in [0, 0.1) is 0 Å². The van der Waals surface area contributed by atoms with Gasteiger partial charge in [0, 0.05) is 17.5 Å². The molecule has 0 saturated heterocycles. The van der Waals surface area contributed by atoms with E-state index in [1.165, 1.54) is 5.54 Å². The van der Waals surface area contributed by atoms with Crippen molar-refractivity contribution < 1.29 is 0 Å². The van der Waals surface area contributed by atoms with E-state index in [-0.39, 0.29) is 0 Å². The molecule has 1 atom stereocenters. The first kappa shape index (κ1) is 11.3. The lowest BCUT2D eigenvalue weighted by atomic mass is 10.2. The lowest BCUT2D eigenvalue weighted by molar-refractivity contribution is 0.653. The first-order chi connectivity index (χ1) is 5.31. The second kappa shape index (κ2) is 8.38. The van der Waals surface area contributed by atoms with Gasteiger partial charge in [0.1, 0.15) is 0 Å². The third-order valence-corrected chi connectivity index (χ3v) is 2.13. The fourth-order valence-corrected chi connectivity index (χ4v) is 0.891. The van der Waals surface area contributed by atoms with Gasteiger partial charge in [-0.25, -0.2) is 0 Å². The number of hydrogen-bond donors (Lipinski definition) is 1. The van der Waals surface area contributed by atoms with E-state index < -0.39 is 0 Å². The van der Waals surface area contributed by atoms with Gasteiger partial charge in [0.15, 0.2) is 0 Å². The van der Waals surface area contributed by atoms with Crippen LogP contribution in [0.15, 0.2) is 11.6 Å². The first-order valence-corrected chi connectivity index (χ1v) is 4.78. The van der Waals surface area contributed by atoms with Crippen LogP contribution >= 0.6 is 23.2 Å². The average Bonchev–Trinajstić information content (AvgIpc) is 2.04. The van der Waals surface area contributed by atoms with Gasteiger partial charge in [0.2, 0.25) is 0 Å². The smallest absolute Gasteiger partial charge is 0.0345 e. The molecular formula is C8H15Cl2N. The van der Waals surface area contributed by atoms with Crippen LogP contribution in [0.5, 0.6) is 0 Å². The normalized spacial score (nSPS) is 14.1. The molecule has 66 valence electrons. The number of hydrogen-bond acceptors (Lipinski definition) is 1. The highest BCUT2D eigenvalue weighted by Gasteiger charge is 1.98. The molecule has 0 rings (SSSR count). The van der Waals surface area contributed by atoms with Crippen LogP contribution in [0.3, 0.4) is 0 Å². The van der Waals surface area contributed by atoms with Gasteiger partial charge >= 0.3 is 0 Å². The van der Waals surface area contributed by atoms with Crippen molar-refractivity contribution in [2.45, 2.75) is 25.1 Å². The molecule has 0 aromatic heterocycles. The minimum Gasteiger partial charge on any atom is -0.313 e. The quantitative estimate of drug-likeness (QED) is 0.508. The molecule has 1 N–H and O–H groups in total.